The van der Waals surface area contributed by atoms with E-state index in [-0.39, 0.29) is 6.61 Å². The molecule has 0 atom stereocenters. The van der Waals surface area contributed by atoms with Crippen LogP contribution in [0.25, 0.3) is 0 Å². The maximum Gasteiger partial charge on any atom is 0.523 e. The van der Waals surface area contributed by atoms with Gasteiger partial charge < -0.3 is 4.74 Å². The molecular weight excluding hydrogens is 261 g/mol. The van der Waals surface area contributed by atoms with Crippen LogP contribution in [0.15, 0.2) is 0 Å². The second-order valence-electron chi connectivity index (χ2n) is 3.39. The minimum absolute atomic E-state index is 0.165. The molecule has 0 rings (SSSR count). The first-order valence-electron chi connectivity index (χ1n) is 5.34. The molecule has 0 saturated carbocycles. The first-order valence-corrected chi connectivity index (χ1v) is 6.75. The third kappa shape index (κ3) is 7.56. The molecular formula is C9H17F3O4S. The predicted octanol–water partition coefficient (Wildman–Crippen LogP) is 2.45. The highest BCUT2D eigenvalue weighted by atomic mass is 32.2. The highest BCUT2D eigenvalue weighted by Crippen LogP contribution is 2.24. The predicted molar refractivity (Wildman–Crippen MR) is 55.9 cm³/mol. The van der Waals surface area contributed by atoms with Crippen LogP contribution in [0.4, 0.5) is 13.2 Å². The first kappa shape index (κ1) is 16.7. The standard InChI is InChI=1S/C9H17F3O4S/c1-2-3-4-5-6-15-7-8-16-17(13,14)9(10,11)12/h2-8H2,1H3. The van der Waals surface area contributed by atoms with Crippen molar-refractivity contribution in [1.82, 2.24) is 0 Å². The van der Waals surface area contributed by atoms with E-state index in [9.17, 15) is 21.6 Å². The molecule has 0 aliphatic carbocycles. The number of halogens is 3. The average Bonchev–Trinajstić information content (AvgIpc) is 2.20. The van der Waals surface area contributed by atoms with Crippen molar-refractivity contribution in [2.45, 2.75) is 38.1 Å². The van der Waals surface area contributed by atoms with Crippen molar-refractivity contribution < 1.29 is 30.5 Å². The number of alkyl halides is 3. The molecule has 0 aromatic rings. The fourth-order valence-corrected chi connectivity index (χ4v) is 1.42. The lowest BCUT2D eigenvalue weighted by atomic mass is 10.2. The summed E-state index contributed by atoms with van der Waals surface area (Å²) in [7, 11) is -5.48. The lowest BCUT2D eigenvalue weighted by Gasteiger charge is -2.08. The number of hydrogen-bond donors (Lipinski definition) is 0. The molecule has 8 heteroatoms. The number of rotatable bonds is 9. The van der Waals surface area contributed by atoms with Gasteiger partial charge in [-0.05, 0) is 6.42 Å². The normalized spacial score (nSPS) is 12.9. The van der Waals surface area contributed by atoms with E-state index in [1.54, 1.807) is 0 Å². The summed E-state index contributed by atoms with van der Waals surface area (Å²) in [5.74, 6) is 0. The Morgan fingerprint density at radius 1 is 1.00 bits per heavy atom. The second-order valence-corrected chi connectivity index (χ2v) is 5.00. The summed E-state index contributed by atoms with van der Waals surface area (Å²) in [6.07, 6.45) is 3.94. The van der Waals surface area contributed by atoms with Gasteiger partial charge in [-0.1, -0.05) is 26.2 Å². The molecule has 0 heterocycles. The van der Waals surface area contributed by atoms with Crippen molar-refractivity contribution >= 4 is 10.1 Å². The van der Waals surface area contributed by atoms with Crippen LogP contribution in [-0.4, -0.2) is 33.7 Å². The lowest BCUT2D eigenvalue weighted by Crippen LogP contribution is -2.26. The van der Waals surface area contributed by atoms with Gasteiger partial charge in [-0.2, -0.15) is 21.6 Å². The SMILES string of the molecule is CCCCCCOCCOS(=O)(=O)C(F)(F)F. The van der Waals surface area contributed by atoms with E-state index in [1.807, 2.05) is 0 Å². The highest BCUT2D eigenvalue weighted by Gasteiger charge is 2.47. The first-order chi connectivity index (χ1) is 7.81. The Bertz CT molecular complexity index is 287. The third-order valence-corrected chi connectivity index (χ3v) is 2.94. The van der Waals surface area contributed by atoms with Crippen LogP contribution in [0.1, 0.15) is 32.6 Å². The Labute approximate surface area is 99.2 Å². The number of ether oxygens (including phenoxy) is 1. The fourth-order valence-electron chi connectivity index (χ4n) is 1.00. The molecule has 0 amide bonds. The fraction of sp³-hybridized carbons (Fsp3) is 1.00. The molecule has 0 saturated heterocycles. The van der Waals surface area contributed by atoms with Crippen LogP contribution in [0.3, 0.4) is 0 Å². The topological polar surface area (TPSA) is 52.6 Å². The van der Waals surface area contributed by atoms with Gasteiger partial charge in [-0.15, -0.1) is 0 Å². The number of unbranched alkanes of at least 4 members (excludes halogenated alkanes) is 3. The van der Waals surface area contributed by atoms with Crippen LogP contribution in [0.5, 0.6) is 0 Å². The second kappa shape index (κ2) is 7.88. The van der Waals surface area contributed by atoms with Crippen LogP contribution >= 0.6 is 0 Å². The molecule has 0 unspecified atom stereocenters. The quantitative estimate of drug-likeness (QED) is 0.369. The minimum atomic E-state index is -5.48. The van der Waals surface area contributed by atoms with Gasteiger partial charge in [0.15, 0.2) is 0 Å². The van der Waals surface area contributed by atoms with E-state index < -0.39 is 22.2 Å². The van der Waals surface area contributed by atoms with Crippen LogP contribution in [-0.2, 0) is 19.0 Å². The molecule has 0 radical (unpaired) electrons. The molecule has 0 aromatic carbocycles. The van der Waals surface area contributed by atoms with E-state index >= 15 is 0 Å². The van der Waals surface area contributed by atoms with Gasteiger partial charge in [0.05, 0.1) is 13.2 Å². The zero-order valence-corrected chi connectivity index (χ0v) is 10.4. The zero-order valence-electron chi connectivity index (χ0n) is 9.62. The molecule has 4 nitrogen and oxygen atoms in total. The van der Waals surface area contributed by atoms with Crippen molar-refractivity contribution in [2.75, 3.05) is 19.8 Å². The average molecular weight is 278 g/mol. The third-order valence-electron chi connectivity index (χ3n) is 1.89. The Morgan fingerprint density at radius 3 is 2.18 bits per heavy atom. The largest absolute Gasteiger partial charge is 0.523 e. The van der Waals surface area contributed by atoms with E-state index in [1.165, 1.54) is 0 Å². The van der Waals surface area contributed by atoms with E-state index in [2.05, 4.69) is 11.1 Å². The van der Waals surface area contributed by atoms with Crippen molar-refractivity contribution in [2.24, 2.45) is 0 Å². The summed E-state index contributed by atoms with van der Waals surface area (Å²) in [6.45, 7) is 1.67. The van der Waals surface area contributed by atoms with Crippen LogP contribution in [0.2, 0.25) is 0 Å². The molecule has 0 aliphatic heterocycles. The molecule has 0 aromatic heterocycles. The van der Waals surface area contributed by atoms with E-state index in [0.29, 0.717) is 6.61 Å². The van der Waals surface area contributed by atoms with Gasteiger partial charge in [0, 0.05) is 6.61 Å². The zero-order chi connectivity index (χ0) is 13.4. The molecule has 0 aliphatic rings. The van der Waals surface area contributed by atoms with Gasteiger partial charge in [0.2, 0.25) is 0 Å². The summed E-state index contributed by atoms with van der Waals surface area (Å²) >= 11 is 0. The van der Waals surface area contributed by atoms with E-state index in [4.69, 9.17) is 4.74 Å². The van der Waals surface area contributed by atoms with Gasteiger partial charge in [0.25, 0.3) is 0 Å². The molecule has 0 N–H and O–H groups in total. The van der Waals surface area contributed by atoms with Crippen LogP contribution < -0.4 is 0 Å². The van der Waals surface area contributed by atoms with Gasteiger partial charge in [-0.3, -0.25) is 4.18 Å². The summed E-state index contributed by atoms with van der Waals surface area (Å²) in [4.78, 5) is 0. The van der Waals surface area contributed by atoms with Crippen molar-refractivity contribution in [3.05, 3.63) is 0 Å². The molecule has 0 fully saturated rings. The van der Waals surface area contributed by atoms with Crippen LogP contribution in [0, 0.1) is 0 Å². The maximum atomic E-state index is 11.8. The highest BCUT2D eigenvalue weighted by molar-refractivity contribution is 7.87. The molecule has 0 bridgehead atoms. The number of hydrogen-bond acceptors (Lipinski definition) is 4. The van der Waals surface area contributed by atoms with Gasteiger partial charge in [-0.25, -0.2) is 0 Å². The molecule has 0 spiro atoms. The Kier molecular flexibility index (Phi) is 7.73. The van der Waals surface area contributed by atoms with Crippen molar-refractivity contribution in [1.29, 1.82) is 0 Å². The minimum Gasteiger partial charge on any atom is -0.379 e. The van der Waals surface area contributed by atoms with Crippen molar-refractivity contribution in [3.8, 4) is 0 Å². The summed E-state index contributed by atoms with van der Waals surface area (Å²) < 4.78 is 64.9. The molecule has 17 heavy (non-hydrogen) atoms. The Hall–Kier alpha value is -0.340. The summed E-state index contributed by atoms with van der Waals surface area (Å²) in [5, 5.41) is 0. The monoisotopic (exact) mass is 278 g/mol. The smallest absolute Gasteiger partial charge is 0.379 e. The summed E-state index contributed by atoms with van der Waals surface area (Å²) in [5.41, 5.74) is -5.37. The van der Waals surface area contributed by atoms with Gasteiger partial charge in [0.1, 0.15) is 0 Å². The summed E-state index contributed by atoms with van der Waals surface area (Å²) in [6, 6.07) is 0. The molecule has 104 valence electrons. The van der Waals surface area contributed by atoms with Crippen molar-refractivity contribution in [3.63, 3.8) is 0 Å². The Balaban J connectivity index is 3.53. The Morgan fingerprint density at radius 2 is 1.65 bits per heavy atom. The van der Waals surface area contributed by atoms with Gasteiger partial charge >= 0.3 is 15.6 Å². The van der Waals surface area contributed by atoms with E-state index in [0.717, 1.165) is 25.7 Å². The maximum absolute atomic E-state index is 11.8. The lowest BCUT2D eigenvalue weighted by molar-refractivity contribution is -0.0555.